The number of benzene rings is 1. The summed E-state index contributed by atoms with van der Waals surface area (Å²) >= 11 is 0. The van der Waals surface area contributed by atoms with E-state index in [1.807, 2.05) is 19.1 Å². The molecule has 6 rings (SSSR count). The maximum Gasteiger partial charge on any atom is 0.335 e. The lowest BCUT2D eigenvalue weighted by molar-refractivity contribution is -0.181. The molecular formula is C41H60N2O5. The molecule has 8 atom stereocenters. The van der Waals surface area contributed by atoms with Crippen molar-refractivity contribution in [1.82, 2.24) is 10.6 Å². The normalized spacial score (nSPS) is 36.0. The summed E-state index contributed by atoms with van der Waals surface area (Å²) in [6.07, 6.45) is 15.8. The van der Waals surface area contributed by atoms with Crippen LogP contribution in [0.4, 0.5) is 0 Å². The monoisotopic (exact) mass is 660 g/mol. The number of carboxylic acid groups (broad SMARTS) is 2. The molecule has 0 saturated heterocycles. The van der Waals surface area contributed by atoms with Gasteiger partial charge in [-0.25, -0.2) is 4.79 Å². The molecule has 0 radical (unpaired) electrons. The molecular weight excluding hydrogens is 600 g/mol. The number of carboxylic acids is 2. The summed E-state index contributed by atoms with van der Waals surface area (Å²) in [7, 11) is 0. The number of fused-ring (bicyclic) bond motifs is 7. The molecule has 0 spiro atoms. The molecule has 7 nitrogen and oxygen atoms in total. The van der Waals surface area contributed by atoms with Crippen molar-refractivity contribution in [2.45, 2.75) is 105 Å². The van der Waals surface area contributed by atoms with Crippen LogP contribution >= 0.6 is 0 Å². The molecule has 0 aliphatic heterocycles. The zero-order valence-corrected chi connectivity index (χ0v) is 30.1. The molecule has 4 saturated carbocycles. The summed E-state index contributed by atoms with van der Waals surface area (Å²) in [6.45, 7) is 16.9. The molecule has 1 aromatic carbocycles. The van der Waals surface area contributed by atoms with E-state index in [1.54, 1.807) is 18.2 Å². The SMILES string of the molecule is C=CC.CC1(C)C(c2ccc(C(=O)O)cc2)=CCC2(C)C1CCC1(C)C3CCC4(C(=O)NCCNCCC(=O)O)CCCC4C3CCC12. The van der Waals surface area contributed by atoms with Crippen molar-refractivity contribution in [3.8, 4) is 0 Å². The minimum atomic E-state index is -0.881. The molecule has 0 bridgehead atoms. The number of rotatable bonds is 9. The van der Waals surface area contributed by atoms with Crippen LogP contribution in [0.15, 0.2) is 43.0 Å². The minimum Gasteiger partial charge on any atom is -0.481 e. The maximum absolute atomic E-state index is 13.8. The van der Waals surface area contributed by atoms with E-state index in [0.717, 1.165) is 37.7 Å². The predicted octanol–water partition coefficient (Wildman–Crippen LogP) is 8.22. The minimum absolute atomic E-state index is 0.00363. The van der Waals surface area contributed by atoms with Crippen LogP contribution in [-0.2, 0) is 9.59 Å². The van der Waals surface area contributed by atoms with Crippen LogP contribution in [0.2, 0.25) is 0 Å². The second-order valence-electron chi connectivity index (χ2n) is 16.7. The lowest BCUT2D eigenvalue weighted by Crippen LogP contribution is -2.62. The predicted molar refractivity (Wildman–Crippen MR) is 191 cm³/mol. The van der Waals surface area contributed by atoms with Crippen molar-refractivity contribution in [2.75, 3.05) is 19.6 Å². The number of carbonyl (C=O) groups excluding carboxylic acids is 1. The van der Waals surface area contributed by atoms with Crippen molar-refractivity contribution in [1.29, 1.82) is 0 Å². The lowest BCUT2D eigenvalue weighted by atomic mass is 9.36. The van der Waals surface area contributed by atoms with Gasteiger partial charge in [-0.1, -0.05) is 58.4 Å². The number of aromatic carboxylic acids is 1. The molecule has 5 aliphatic rings. The number of hydrogen-bond donors (Lipinski definition) is 4. The third-order valence-corrected chi connectivity index (χ3v) is 14.1. The summed E-state index contributed by atoms with van der Waals surface area (Å²) in [5.74, 6) is 1.56. The number of amides is 1. The van der Waals surface area contributed by atoms with E-state index in [4.69, 9.17) is 5.11 Å². The molecule has 1 amide bonds. The fourth-order valence-electron chi connectivity index (χ4n) is 12.3. The Morgan fingerprint density at radius 3 is 2.23 bits per heavy atom. The molecule has 0 aromatic heterocycles. The van der Waals surface area contributed by atoms with Crippen LogP contribution in [0.1, 0.15) is 121 Å². The number of allylic oxidation sites excluding steroid dienone is 3. The van der Waals surface area contributed by atoms with Crippen LogP contribution in [0.3, 0.4) is 0 Å². The molecule has 7 heteroatoms. The fourth-order valence-corrected chi connectivity index (χ4v) is 12.3. The quantitative estimate of drug-likeness (QED) is 0.157. The van der Waals surface area contributed by atoms with E-state index in [2.05, 4.69) is 51.0 Å². The molecule has 5 aliphatic carbocycles. The number of carbonyl (C=O) groups is 3. The lowest BCUT2D eigenvalue weighted by Gasteiger charge is -2.68. The van der Waals surface area contributed by atoms with E-state index >= 15 is 0 Å². The summed E-state index contributed by atoms with van der Waals surface area (Å²) in [5, 5.41) is 24.7. The third kappa shape index (κ3) is 6.29. The van der Waals surface area contributed by atoms with E-state index in [9.17, 15) is 19.5 Å². The van der Waals surface area contributed by atoms with E-state index in [1.165, 1.54) is 37.7 Å². The van der Waals surface area contributed by atoms with Gasteiger partial charge in [0, 0.05) is 19.6 Å². The van der Waals surface area contributed by atoms with E-state index < -0.39 is 11.9 Å². The molecule has 1 aromatic rings. The first-order chi connectivity index (χ1) is 22.8. The number of aliphatic carboxylic acids is 1. The highest BCUT2D eigenvalue weighted by molar-refractivity contribution is 5.88. The number of nitrogens with one attached hydrogen (secondary N) is 2. The van der Waals surface area contributed by atoms with Gasteiger partial charge in [-0.15, -0.1) is 6.58 Å². The number of hydrogen-bond acceptors (Lipinski definition) is 4. The molecule has 264 valence electrons. The Morgan fingerprint density at radius 2 is 1.56 bits per heavy atom. The van der Waals surface area contributed by atoms with Gasteiger partial charge >= 0.3 is 11.9 Å². The summed E-state index contributed by atoms with van der Waals surface area (Å²) in [6, 6.07) is 7.49. The van der Waals surface area contributed by atoms with Gasteiger partial charge in [0.1, 0.15) is 0 Å². The van der Waals surface area contributed by atoms with Gasteiger partial charge in [0.2, 0.25) is 5.91 Å². The van der Waals surface area contributed by atoms with Crippen LogP contribution in [0.25, 0.3) is 5.57 Å². The average Bonchev–Trinajstić information content (AvgIpc) is 3.49. The van der Waals surface area contributed by atoms with Crippen molar-refractivity contribution in [2.24, 2.45) is 51.2 Å². The largest absolute Gasteiger partial charge is 0.481 e. The Labute approximate surface area is 288 Å². The Morgan fingerprint density at radius 1 is 0.854 bits per heavy atom. The van der Waals surface area contributed by atoms with Gasteiger partial charge in [0.15, 0.2) is 0 Å². The molecule has 4 fully saturated rings. The summed E-state index contributed by atoms with van der Waals surface area (Å²) < 4.78 is 0. The van der Waals surface area contributed by atoms with Gasteiger partial charge in [-0.3, -0.25) is 9.59 Å². The summed E-state index contributed by atoms with van der Waals surface area (Å²) in [4.78, 5) is 36.1. The fraction of sp³-hybridized carbons (Fsp3) is 0.683. The van der Waals surface area contributed by atoms with Gasteiger partial charge in [0.05, 0.1) is 17.4 Å². The standard InChI is InChI=1S/C38H54N2O5.C3H6/c1-35(2)27(24-7-9-25(10-8-24)33(43)44)13-18-37(4)30(35)15-19-36(3)28-14-20-38(34(45)40-23-22-39-21-16-32(41)42)17-5-6-29(38)26(28)11-12-31(36)37;1-3-2/h7-10,13,26,28-31,39H,5-6,11-12,14-23H2,1-4H3,(H,40,45)(H,41,42)(H,43,44);3H,1H2,2H3. The van der Waals surface area contributed by atoms with Gasteiger partial charge in [-0.2, -0.15) is 0 Å². The molecule has 4 N–H and O–H groups in total. The van der Waals surface area contributed by atoms with Gasteiger partial charge in [-0.05, 0) is 134 Å². The maximum atomic E-state index is 13.8. The Kier molecular flexibility index (Phi) is 10.7. The highest BCUT2D eigenvalue weighted by Crippen LogP contribution is 2.73. The van der Waals surface area contributed by atoms with Gasteiger partial charge < -0.3 is 20.8 Å². The Bertz CT molecular complexity index is 1400. The van der Waals surface area contributed by atoms with E-state index in [-0.39, 0.29) is 34.0 Å². The Hall–Kier alpha value is -2.93. The molecule has 8 unspecified atom stereocenters. The zero-order chi connectivity index (χ0) is 34.9. The van der Waals surface area contributed by atoms with Crippen molar-refractivity contribution in [3.63, 3.8) is 0 Å². The van der Waals surface area contributed by atoms with Crippen LogP contribution in [0, 0.1) is 51.2 Å². The van der Waals surface area contributed by atoms with Crippen LogP contribution < -0.4 is 10.6 Å². The molecule has 48 heavy (non-hydrogen) atoms. The van der Waals surface area contributed by atoms with Crippen molar-refractivity contribution in [3.05, 3.63) is 54.1 Å². The van der Waals surface area contributed by atoms with Crippen LogP contribution in [-0.4, -0.2) is 47.7 Å². The summed E-state index contributed by atoms with van der Waals surface area (Å²) in [5.41, 5.74) is 3.15. The highest BCUT2D eigenvalue weighted by atomic mass is 16.4. The zero-order valence-electron chi connectivity index (χ0n) is 30.1. The highest BCUT2D eigenvalue weighted by Gasteiger charge is 2.66. The third-order valence-electron chi connectivity index (χ3n) is 14.1. The van der Waals surface area contributed by atoms with Crippen molar-refractivity contribution < 1.29 is 24.6 Å². The first-order valence-electron chi connectivity index (χ1n) is 18.6. The molecule has 0 heterocycles. The first kappa shape index (κ1) is 36.4. The topological polar surface area (TPSA) is 116 Å². The Balaban J connectivity index is 0.00000145. The first-order valence-corrected chi connectivity index (χ1v) is 18.6. The van der Waals surface area contributed by atoms with Crippen molar-refractivity contribution >= 4 is 23.4 Å². The van der Waals surface area contributed by atoms with Gasteiger partial charge in [0.25, 0.3) is 0 Å². The van der Waals surface area contributed by atoms with Crippen LogP contribution in [0.5, 0.6) is 0 Å². The smallest absolute Gasteiger partial charge is 0.335 e. The average molecular weight is 661 g/mol. The second-order valence-corrected chi connectivity index (χ2v) is 16.7. The second kappa shape index (κ2) is 14.1. The van der Waals surface area contributed by atoms with E-state index in [0.29, 0.717) is 54.8 Å².